The van der Waals surface area contributed by atoms with Crippen molar-refractivity contribution in [3.63, 3.8) is 0 Å². The van der Waals surface area contributed by atoms with E-state index in [4.69, 9.17) is 10.5 Å². The van der Waals surface area contributed by atoms with Crippen LogP contribution in [0.25, 0.3) is 0 Å². The van der Waals surface area contributed by atoms with E-state index >= 15 is 0 Å². The summed E-state index contributed by atoms with van der Waals surface area (Å²) in [7, 11) is -2.15. The summed E-state index contributed by atoms with van der Waals surface area (Å²) in [5.74, 6) is 0.596. The summed E-state index contributed by atoms with van der Waals surface area (Å²) in [6.45, 7) is 2.74. The average Bonchev–Trinajstić information content (AvgIpc) is 2.34. The van der Waals surface area contributed by atoms with E-state index in [1.165, 1.54) is 19.2 Å². The zero-order valence-corrected chi connectivity index (χ0v) is 11.6. The summed E-state index contributed by atoms with van der Waals surface area (Å²) in [6.07, 6.45) is 3.22. The standard InChI is InChI=1S/C12H20N2O3S/c1-3-4-5-8-17-10-6-7-12(11(13)9-10)18(15,16)14-2/h6-7,9,14H,3-5,8,13H2,1-2H3. The van der Waals surface area contributed by atoms with E-state index in [-0.39, 0.29) is 10.6 Å². The lowest BCUT2D eigenvalue weighted by atomic mass is 10.2. The Hall–Kier alpha value is -1.27. The van der Waals surface area contributed by atoms with Crippen molar-refractivity contribution in [2.75, 3.05) is 19.4 Å². The Morgan fingerprint density at radius 3 is 2.61 bits per heavy atom. The first-order valence-electron chi connectivity index (χ1n) is 5.97. The van der Waals surface area contributed by atoms with Crippen molar-refractivity contribution in [1.29, 1.82) is 0 Å². The predicted octanol–water partition coefficient (Wildman–Crippen LogP) is 1.75. The minimum Gasteiger partial charge on any atom is -0.494 e. The van der Waals surface area contributed by atoms with Crippen LogP contribution in [0.4, 0.5) is 5.69 Å². The Kier molecular flexibility index (Phi) is 5.43. The van der Waals surface area contributed by atoms with Crippen LogP contribution in [0.15, 0.2) is 23.1 Å². The van der Waals surface area contributed by atoms with Crippen LogP contribution < -0.4 is 15.2 Å². The van der Waals surface area contributed by atoms with E-state index in [2.05, 4.69) is 11.6 Å². The van der Waals surface area contributed by atoms with Crippen LogP contribution in [0, 0.1) is 0 Å². The van der Waals surface area contributed by atoms with Gasteiger partial charge in [-0.15, -0.1) is 0 Å². The molecule has 0 saturated carbocycles. The number of sulfonamides is 1. The third kappa shape index (κ3) is 3.89. The normalized spacial score (nSPS) is 11.4. The maximum Gasteiger partial charge on any atom is 0.242 e. The molecule has 0 aliphatic rings. The van der Waals surface area contributed by atoms with Gasteiger partial charge in [0, 0.05) is 6.07 Å². The number of nitrogens with one attached hydrogen (secondary N) is 1. The molecule has 0 amide bonds. The van der Waals surface area contributed by atoms with E-state index in [0.717, 1.165) is 19.3 Å². The van der Waals surface area contributed by atoms with Crippen molar-refractivity contribution < 1.29 is 13.2 Å². The van der Waals surface area contributed by atoms with Crippen molar-refractivity contribution in [3.05, 3.63) is 18.2 Å². The molecule has 0 aliphatic heterocycles. The van der Waals surface area contributed by atoms with Gasteiger partial charge in [-0.25, -0.2) is 13.1 Å². The molecule has 0 bridgehead atoms. The van der Waals surface area contributed by atoms with Crippen molar-refractivity contribution in [1.82, 2.24) is 4.72 Å². The third-order valence-corrected chi connectivity index (χ3v) is 4.04. The summed E-state index contributed by atoms with van der Waals surface area (Å²) in [5.41, 5.74) is 5.91. The van der Waals surface area contributed by atoms with Crippen molar-refractivity contribution >= 4 is 15.7 Å². The Bertz CT molecular complexity index is 486. The number of nitrogen functional groups attached to an aromatic ring is 1. The van der Waals surface area contributed by atoms with E-state index < -0.39 is 10.0 Å². The fraction of sp³-hybridized carbons (Fsp3) is 0.500. The monoisotopic (exact) mass is 272 g/mol. The third-order valence-electron chi connectivity index (χ3n) is 2.56. The van der Waals surface area contributed by atoms with E-state index in [0.29, 0.717) is 12.4 Å². The van der Waals surface area contributed by atoms with Gasteiger partial charge in [-0.1, -0.05) is 19.8 Å². The number of anilines is 1. The minimum atomic E-state index is -3.51. The second-order valence-corrected chi connectivity index (χ2v) is 5.82. The van der Waals surface area contributed by atoms with Crippen LogP contribution in [-0.4, -0.2) is 22.1 Å². The fourth-order valence-electron chi connectivity index (χ4n) is 1.51. The summed E-state index contributed by atoms with van der Waals surface area (Å²) < 4.78 is 30.9. The molecule has 6 heteroatoms. The number of benzene rings is 1. The molecule has 3 N–H and O–H groups in total. The first kappa shape index (κ1) is 14.8. The summed E-state index contributed by atoms with van der Waals surface area (Å²) in [6, 6.07) is 4.61. The second-order valence-electron chi connectivity index (χ2n) is 3.96. The number of unbranched alkanes of at least 4 members (excludes halogenated alkanes) is 2. The number of nitrogens with two attached hydrogens (primary N) is 1. The zero-order chi connectivity index (χ0) is 13.6. The molecule has 0 unspecified atom stereocenters. The Balaban J connectivity index is 2.74. The SMILES string of the molecule is CCCCCOc1ccc(S(=O)(=O)NC)c(N)c1. The zero-order valence-electron chi connectivity index (χ0n) is 10.8. The largest absolute Gasteiger partial charge is 0.494 e. The van der Waals surface area contributed by atoms with Crippen LogP contribution in [-0.2, 0) is 10.0 Å². The van der Waals surface area contributed by atoms with E-state index in [1.807, 2.05) is 0 Å². The number of hydrogen-bond acceptors (Lipinski definition) is 4. The van der Waals surface area contributed by atoms with Crippen LogP contribution in [0.2, 0.25) is 0 Å². The van der Waals surface area contributed by atoms with Gasteiger partial charge in [-0.05, 0) is 25.6 Å². The van der Waals surface area contributed by atoms with Crippen molar-refractivity contribution in [2.45, 2.75) is 31.1 Å². The molecule has 1 rings (SSSR count). The quantitative estimate of drug-likeness (QED) is 0.585. The molecule has 5 nitrogen and oxygen atoms in total. The molecule has 102 valence electrons. The van der Waals surface area contributed by atoms with Gasteiger partial charge in [-0.3, -0.25) is 0 Å². The van der Waals surface area contributed by atoms with Crippen LogP contribution in [0.5, 0.6) is 5.75 Å². The smallest absolute Gasteiger partial charge is 0.242 e. The molecule has 0 saturated heterocycles. The van der Waals surface area contributed by atoms with Crippen LogP contribution in [0.3, 0.4) is 0 Å². The molecular weight excluding hydrogens is 252 g/mol. The van der Waals surface area contributed by atoms with Gasteiger partial charge in [0.15, 0.2) is 0 Å². The first-order valence-corrected chi connectivity index (χ1v) is 7.45. The molecule has 0 aromatic heterocycles. The summed E-state index contributed by atoms with van der Waals surface area (Å²) in [5, 5.41) is 0. The molecule has 0 heterocycles. The molecule has 0 aliphatic carbocycles. The van der Waals surface area contributed by atoms with Gasteiger partial charge in [0.25, 0.3) is 0 Å². The molecule has 0 fully saturated rings. The van der Waals surface area contributed by atoms with Gasteiger partial charge in [-0.2, -0.15) is 0 Å². The lowest BCUT2D eigenvalue weighted by molar-refractivity contribution is 0.306. The summed E-state index contributed by atoms with van der Waals surface area (Å²) >= 11 is 0. The van der Waals surface area contributed by atoms with Crippen molar-refractivity contribution in [3.8, 4) is 5.75 Å². The molecule has 1 aromatic carbocycles. The van der Waals surface area contributed by atoms with Gasteiger partial charge < -0.3 is 10.5 Å². The molecule has 18 heavy (non-hydrogen) atoms. The van der Waals surface area contributed by atoms with Gasteiger partial charge in [0.05, 0.1) is 12.3 Å². The predicted molar refractivity (Wildman–Crippen MR) is 72.1 cm³/mol. The molecule has 0 radical (unpaired) electrons. The lowest BCUT2D eigenvalue weighted by Gasteiger charge is -2.10. The maximum atomic E-state index is 11.6. The Morgan fingerprint density at radius 2 is 2.06 bits per heavy atom. The van der Waals surface area contributed by atoms with Gasteiger partial charge >= 0.3 is 0 Å². The Morgan fingerprint density at radius 1 is 1.33 bits per heavy atom. The first-order chi connectivity index (χ1) is 8.51. The summed E-state index contributed by atoms with van der Waals surface area (Å²) in [4.78, 5) is 0.0749. The minimum absolute atomic E-state index is 0.0749. The molecule has 0 atom stereocenters. The Labute approximate surface area is 108 Å². The number of rotatable bonds is 7. The highest BCUT2D eigenvalue weighted by Crippen LogP contribution is 2.23. The highest BCUT2D eigenvalue weighted by atomic mass is 32.2. The van der Waals surface area contributed by atoms with E-state index in [1.54, 1.807) is 6.07 Å². The van der Waals surface area contributed by atoms with Crippen LogP contribution >= 0.6 is 0 Å². The molecular formula is C12H20N2O3S. The highest BCUT2D eigenvalue weighted by molar-refractivity contribution is 7.89. The van der Waals surface area contributed by atoms with Crippen LogP contribution in [0.1, 0.15) is 26.2 Å². The van der Waals surface area contributed by atoms with Gasteiger partial charge in [0.2, 0.25) is 10.0 Å². The topological polar surface area (TPSA) is 81.4 Å². The fourth-order valence-corrected chi connectivity index (χ4v) is 2.35. The lowest BCUT2D eigenvalue weighted by Crippen LogP contribution is -2.19. The molecule has 1 aromatic rings. The van der Waals surface area contributed by atoms with Gasteiger partial charge in [0.1, 0.15) is 10.6 Å². The second kappa shape index (κ2) is 6.61. The average molecular weight is 272 g/mol. The number of hydrogen-bond donors (Lipinski definition) is 2. The highest BCUT2D eigenvalue weighted by Gasteiger charge is 2.15. The van der Waals surface area contributed by atoms with E-state index in [9.17, 15) is 8.42 Å². The number of ether oxygens (including phenoxy) is 1. The molecule has 0 spiro atoms. The maximum absolute atomic E-state index is 11.6. The van der Waals surface area contributed by atoms with Crippen molar-refractivity contribution in [2.24, 2.45) is 0 Å².